The van der Waals surface area contributed by atoms with E-state index in [4.69, 9.17) is 4.74 Å². The Bertz CT molecular complexity index is 759. The first-order valence-electron chi connectivity index (χ1n) is 5.64. The van der Waals surface area contributed by atoms with E-state index in [1.54, 1.807) is 28.5 Å². The van der Waals surface area contributed by atoms with Gasteiger partial charge >= 0.3 is 0 Å². The highest BCUT2D eigenvalue weighted by Gasteiger charge is 2.10. The molecule has 18 heavy (non-hydrogen) atoms. The van der Waals surface area contributed by atoms with Crippen LogP contribution >= 0.6 is 0 Å². The quantitative estimate of drug-likeness (QED) is 0.680. The number of para-hydroxylation sites is 1. The van der Waals surface area contributed by atoms with Crippen molar-refractivity contribution in [1.82, 2.24) is 19.4 Å². The third-order valence-electron chi connectivity index (χ3n) is 2.93. The fraction of sp³-hybridized carbons (Fsp3) is 0.250. The maximum Gasteiger partial charge on any atom is 0.261 e. The number of rotatable bonds is 3. The summed E-state index contributed by atoms with van der Waals surface area (Å²) in [5.41, 5.74) is 1.40. The van der Waals surface area contributed by atoms with E-state index in [1.165, 1.54) is 0 Å². The molecule has 0 N–H and O–H groups in total. The summed E-state index contributed by atoms with van der Waals surface area (Å²) >= 11 is 0. The monoisotopic (exact) mass is 244 g/mol. The molecule has 6 nitrogen and oxygen atoms in total. The third-order valence-corrected chi connectivity index (χ3v) is 2.93. The van der Waals surface area contributed by atoms with Gasteiger partial charge in [-0.3, -0.25) is 9.36 Å². The normalized spacial score (nSPS) is 11.4. The van der Waals surface area contributed by atoms with Crippen molar-refractivity contribution in [3.8, 4) is 0 Å². The molecule has 92 valence electrons. The van der Waals surface area contributed by atoms with Crippen LogP contribution in [0.5, 0.6) is 0 Å². The van der Waals surface area contributed by atoms with E-state index < -0.39 is 0 Å². The molecule has 0 atom stereocenters. The second-order valence-electron chi connectivity index (χ2n) is 3.97. The van der Waals surface area contributed by atoms with E-state index in [0.29, 0.717) is 24.2 Å². The number of nitrogens with zero attached hydrogens (tertiary/aromatic N) is 4. The summed E-state index contributed by atoms with van der Waals surface area (Å²) in [4.78, 5) is 12.4. The Hall–Kier alpha value is -2.21. The number of fused-ring (bicyclic) bond motifs is 3. The van der Waals surface area contributed by atoms with Crippen molar-refractivity contribution in [2.24, 2.45) is 0 Å². The number of aromatic nitrogens is 4. The molecular weight excluding hydrogens is 232 g/mol. The van der Waals surface area contributed by atoms with Crippen molar-refractivity contribution in [3.63, 3.8) is 0 Å². The predicted molar refractivity (Wildman–Crippen MR) is 66.6 cm³/mol. The minimum absolute atomic E-state index is 0.0440. The molecule has 2 aromatic heterocycles. The van der Waals surface area contributed by atoms with Gasteiger partial charge in [0.15, 0.2) is 5.65 Å². The number of ether oxygens (including phenoxy) is 1. The Kier molecular flexibility index (Phi) is 2.56. The van der Waals surface area contributed by atoms with Crippen LogP contribution in [0.15, 0.2) is 35.3 Å². The minimum Gasteiger partial charge on any atom is -0.383 e. The van der Waals surface area contributed by atoms with Crippen molar-refractivity contribution in [2.75, 3.05) is 13.7 Å². The van der Waals surface area contributed by atoms with Crippen LogP contribution in [0.1, 0.15) is 0 Å². The molecule has 6 heteroatoms. The van der Waals surface area contributed by atoms with Gasteiger partial charge in [0.05, 0.1) is 30.3 Å². The summed E-state index contributed by atoms with van der Waals surface area (Å²) in [7, 11) is 1.61. The number of methoxy groups -OCH3 is 1. The largest absolute Gasteiger partial charge is 0.383 e. The summed E-state index contributed by atoms with van der Waals surface area (Å²) < 4.78 is 8.33. The van der Waals surface area contributed by atoms with Gasteiger partial charge in [0.1, 0.15) is 0 Å². The molecule has 0 radical (unpaired) electrons. The van der Waals surface area contributed by atoms with E-state index in [1.807, 2.05) is 18.2 Å². The first-order chi connectivity index (χ1) is 8.83. The molecule has 1 aromatic carbocycles. The van der Waals surface area contributed by atoms with Gasteiger partial charge in [-0.25, -0.2) is 0 Å². The third kappa shape index (κ3) is 1.50. The molecule has 2 heterocycles. The maximum absolute atomic E-state index is 12.4. The van der Waals surface area contributed by atoms with E-state index in [9.17, 15) is 4.79 Å². The van der Waals surface area contributed by atoms with Gasteiger partial charge in [0, 0.05) is 7.11 Å². The Labute approximate surface area is 102 Å². The fourth-order valence-corrected chi connectivity index (χ4v) is 2.07. The standard InChI is InChI=1S/C12H12N4O2/c1-18-7-6-15-11-8-13-14-16(11)10-5-3-2-4-9(10)12(15)17/h2-5,8H,6-7H2,1H3. The molecule has 0 fully saturated rings. The average Bonchev–Trinajstić information content (AvgIpc) is 2.88. The highest BCUT2D eigenvalue weighted by Crippen LogP contribution is 2.11. The number of benzene rings is 1. The van der Waals surface area contributed by atoms with Gasteiger partial charge < -0.3 is 4.74 Å². The lowest BCUT2D eigenvalue weighted by Gasteiger charge is -2.09. The smallest absolute Gasteiger partial charge is 0.261 e. The van der Waals surface area contributed by atoms with Crippen LogP contribution in [0.4, 0.5) is 0 Å². The van der Waals surface area contributed by atoms with Crippen molar-refractivity contribution < 1.29 is 4.74 Å². The average molecular weight is 244 g/mol. The van der Waals surface area contributed by atoms with Crippen LogP contribution in [0, 0.1) is 0 Å². The zero-order valence-corrected chi connectivity index (χ0v) is 9.91. The molecule has 3 aromatic rings. The Morgan fingerprint density at radius 2 is 2.17 bits per heavy atom. The summed E-state index contributed by atoms with van der Waals surface area (Å²) in [6.45, 7) is 0.954. The van der Waals surface area contributed by atoms with E-state index in [0.717, 1.165) is 5.52 Å². The van der Waals surface area contributed by atoms with Gasteiger partial charge in [-0.15, -0.1) is 5.10 Å². The molecule has 0 aliphatic rings. The van der Waals surface area contributed by atoms with Crippen LogP contribution in [0.3, 0.4) is 0 Å². The first kappa shape index (κ1) is 10.9. The Morgan fingerprint density at radius 1 is 1.33 bits per heavy atom. The lowest BCUT2D eigenvalue weighted by atomic mass is 10.2. The van der Waals surface area contributed by atoms with Gasteiger partial charge in [-0.2, -0.15) is 4.52 Å². The van der Waals surface area contributed by atoms with Crippen molar-refractivity contribution >= 4 is 16.6 Å². The molecule has 0 saturated heterocycles. The second-order valence-corrected chi connectivity index (χ2v) is 3.97. The summed E-state index contributed by atoms with van der Waals surface area (Å²) in [6.07, 6.45) is 1.59. The molecule has 0 aliphatic carbocycles. The molecule has 3 rings (SSSR count). The highest BCUT2D eigenvalue weighted by molar-refractivity contribution is 5.80. The number of hydrogen-bond donors (Lipinski definition) is 0. The summed E-state index contributed by atoms with van der Waals surface area (Å²) in [5.74, 6) is 0. The van der Waals surface area contributed by atoms with E-state index >= 15 is 0 Å². The zero-order chi connectivity index (χ0) is 12.5. The van der Waals surface area contributed by atoms with Gasteiger partial charge in [0.2, 0.25) is 0 Å². The SMILES string of the molecule is COCCn1c(=O)c2ccccc2n2nncc12. The minimum atomic E-state index is -0.0440. The van der Waals surface area contributed by atoms with Gasteiger partial charge in [-0.1, -0.05) is 17.3 Å². The van der Waals surface area contributed by atoms with E-state index in [-0.39, 0.29) is 5.56 Å². The van der Waals surface area contributed by atoms with Gasteiger partial charge in [-0.05, 0) is 12.1 Å². The van der Waals surface area contributed by atoms with Crippen molar-refractivity contribution in [3.05, 3.63) is 40.8 Å². The first-order valence-corrected chi connectivity index (χ1v) is 5.64. The number of hydrogen-bond acceptors (Lipinski definition) is 4. The molecule has 0 bridgehead atoms. The van der Waals surface area contributed by atoms with Crippen LogP contribution in [-0.4, -0.2) is 33.1 Å². The van der Waals surface area contributed by atoms with Gasteiger partial charge in [0.25, 0.3) is 5.56 Å². The topological polar surface area (TPSA) is 61.4 Å². The maximum atomic E-state index is 12.4. The summed E-state index contributed by atoms with van der Waals surface area (Å²) in [6, 6.07) is 7.37. The second kappa shape index (κ2) is 4.23. The Balaban J connectivity index is 2.41. The summed E-state index contributed by atoms with van der Waals surface area (Å²) in [5, 5.41) is 8.53. The van der Waals surface area contributed by atoms with Crippen LogP contribution in [-0.2, 0) is 11.3 Å². The molecule has 0 unspecified atom stereocenters. The lowest BCUT2D eigenvalue weighted by Crippen LogP contribution is -2.24. The fourth-order valence-electron chi connectivity index (χ4n) is 2.07. The van der Waals surface area contributed by atoms with Crippen molar-refractivity contribution in [1.29, 1.82) is 0 Å². The molecule has 0 amide bonds. The highest BCUT2D eigenvalue weighted by atomic mass is 16.5. The lowest BCUT2D eigenvalue weighted by molar-refractivity contribution is 0.187. The van der Waals surface area contributed by atoms with Crippen LogP contribution < -0.4 is 5.56 Å². The predicted octanol–water partition coefficient (Wildman–Crippen LogP) is 0.691. The van der Waals surface area contributed by atoms with Crippen LogP contribution in [0.25, 0.3) is 16.6 Å². The molecule has 0 spiro atoms. The zero-order valence-electron chi connectivity index (χ0n) is 9.91. The van der Waals surface area contributed by atoms with Crippen LogP contribution in [0.2, 0.25) is 0 Å². The molecule has 0 saturated carbocycles. The van der Waals surface area contributed by atoms with Crippen molar-refractivity contribution in [2.45, 2.75) is 6.54 Å². The molecular formula is C12H12N4O2. The van der Waals surface area contributed by atoms with E-state index in [2.05, 4.69) is 10.3 Å². The Morgan fingerprint density at radius 3 is 3.00 bits per heavy atom. The molecule has 0 aliphatic heterocycles.